The number of hydrogen-bond acceptors (Lipinski definition) is 3. The van der Waals surface area contributed by atoms with Gasteiger partial charge in [0.1, 0.15) is 0 Å². The van der Waals surface area contributed by atoms with Gasteiger partial charge in [0.25, 0.3) is 0 Å². The molecule has 0 radical (unpaired) electrons. The number of nitrogens with one attached hydrogen (secondary N) is 2. The Morgan fingerprint density at radius 2 is 1.81 bits per heavy atom. The third-order valence-electron chi connectivity index (χ3n) is 5.36. The highest BCUT2D eigenvalue weighted by atomic mass is 127. The molecule has 1 saturated heterocycles. The van der Waals surface area contributed by atoms with Crippen LogP contribution in [0.15, 0.2) is 35.3 Å². The summed E-state index contributed by atoms with van der Waals surface area (Å²) in [6.07, 6.45) is 2.15. The van der Waals surface area contributed by atoms with Gasteiger partial charge in [-0.15, -0.1) is 24.0 Å². The molecule has 2 N–H and O–H groups in total. The number of aliphatic imine (C=N–C) groups is 1. The number of halogens is 1. The SMILES string of the molecule is CN=C(NCC(OC)C(C)(C)C)NCC1(c2ccccc2)CCOCC1.I. The first-order chi connectivity index (χ1) is 12.4. The zero-order chi connectivity index (χ0) is 19.0. The molecular formula is C21H36IN3O2. The fourth-order valence-electron chi connectivity index (χ4n) is 3.53. The number of methoxy groups -OCH3 is 1. The molecule has 0 saturated carbocycles. The first kappa shape index (κ1) is 24.2. The molecule has 154 valence electrons. The molecule has 27 heavy (non-hydrogen) atoms. The lowest BCUT2D eigenvalue weighted by Crippen LogP contribution is -2.50. The van der Waals surface area contributed by atoms with E-state index in [9.17, 15) is 0 Å². The Morgan fingerprint density at radius 1 is 1.19 bits per heavy atom. The van der Waals surface area contributed by atoms with E-state index in [1.165, 1.54) is 5.56 Å². The smallest absolute Gasteiger partial charge is 0.191 e. The Kier molecular flexibility index (Phi) is 10.0. The van der Waals surface area contributed by atoms with E-state index in [1.807, 2.05) is 7.05 Å². The van der Waals surface area contributed by atoms with E-state index in [0.29, 0.717) is 0 Å². The number of nitrogens with zero attached hydrogens (tertiary/aromatic N) is 1. The predicted molar refractivity (Wildman–Crippen MR) is 123 cm³/mol. The standard InChI is InChI=1S/C21H35N3O2.HI/c1-20(2,3)18(25-5)15-23-19(22-4)24-16-21(11-13-26-14-12-21)17-9-7-6-8-10-17;/h6-10,18H,11-16H2,1-5H3,(H2,22,23,24);1H. The normalized spacial score (nSPS) is 18.3. The molecule has 1 heterocycles. The summed E-state index contributed by atoms with van der Waals surface area (Å²) in [5.41, 5.74) is 1.53. The summed E-state index contributed by atoms with van der Waals surface area (Å²) < 4.78 is 11.3. The van der Waals surface area contributed by atoms with Crippen molar-refractivity contribution >= 4 is 29.9 Å². The van der Waals surface area contributed by atoms with Crippen molar-refractivity contribution in [3.05, 3.63) is 35.9 Å². The minimum absolute atomic E-state index is 0. The van der Waals surface area contributed by atoms with E-state index < -0.39 is 0 Å². The summed E-state index contributed by atoms with van der Waals surface area (Å²) in [5.74, 6) is 0.818. The molecular weight excluding hydrogens is 453 g/mol. The van der Waals surface area contributed by atoms with Crippen molar-refractivity contribution in [2.24, 2.45) is 10.4 Å². The third kappa shape index (κ3) is 6.91. The lowest BCUT2D eigenvalue weighted by Gasteiger charge is -2.38. The summed E-state index contributed by atoms with van der Waals surface area (Å²) >= 11 is 0. The molecule has 1 aliphatic heterocycles. The predicted octanol–water partition coefficient (Wildman–Crippen LogP) is 3.58. The monoisotopic (exact) mass is 489 g/mol. The van der Waals surface area contributed by atoms with Crippen LogP contribution in [-0.4, -0.2) is 52.5 Å². The van der Waals surface area contributed by atoms with Crippen LogP contribution in [0.25, 0.3) is 0 Å². The van der Waals surface area contributed by atoms with E-state index >= 15 is 0 Å². The van der Waals surface area contributed by atoms with Crippen LogP contribution < -0.4 is 10.6 Å². The van der Waals surface area contributed by atoms with Gasteiger partial charge < -0.3 is 20.1 Å². The van der Waals surface area contributed by atoms with Crippen LogP contribution in [0.3, 0.4) is 0 Å². The zero-order valence-corrected chi connectivity index (χ0v) is 19.7. The van der Waals surface area contributed by atoms with Crippen molar-refractivity contribution in [3.8, 4) is 0 Å². The number of rotatable bonds is 6. The highest BCUT2D eigenvalue weighted by Gasteiger charge is 2.34. The molecule has 0 aromatic heterocycles. The minimum atomic E-state index is 0. The second-order valence-electron chi connectivity index (χ2n) is 8.16. The number of benzene rings is 1. The van der Waals surface area contributed by atoms with E-state index in [1.54, 1.807) is 7.11 Å². The quantitative estimate of drug-likeness (QED) is 0.365. The molecule has 1 aliphatic rings. The second-order valence-corrected chi connectivity index (χ2v) is 8.16. The minimum Gasteiger partial charge on any atom is -0.381 e. The van der Waals surface area contributed by atoms with Crippen molar-refractivity contribution in [3.63, 3.8) is 0 Å². The Balaban J connectivity index is 0.00000364. The molecule has 0 bridgehead atoms. The first-order valence-electron chi connectivity index (χ1n) is 9.52. The maximum Gasteiger partial charge on any atom is 0.191 e. The summed E-state index contributed by atoms with van der Waals surface area (Å²) in [4.78, 5) is 4.39. The molecule has 1 aromatic carbocycles. The lowest BCUT2D eigenvalue weighted by atomic mass is 9.74. The van der Waals surface area contributed by atoms with Gasteiger partial charge in [-0.05, 0) is 23.8 Å². The highest BCUT2D eigenvalue weighted by Crippen LogP contribution is 2.34. The Labute approximate surface area is 181 Å². The molecule has 0 amide bonds. The number of hydrogen-bond donors (Lipinski definition) is 2. The Hall–Kier alpha value is -0.860. The van der Waals surface area contributed by atoms with E-state index in [4.69, 9.17) is 9.47 Å². The maximum absolute atomic E-state index is 5.63. The van der Waals surface area contributed by atoms with Gasteiger partial charge in [-0.2, -0.15) is 0 Å². The molecule has 1 fully saturated rings. The number of guanidine groups is 1. The molecule has 1 unspecified atom stereocenters. The van der Waals surface area contributed by atoms with Gasteiger partial charge in [0, 0.05) is 45.9 Å². The van der Waals surface area contributed by atoms with Gasteiger partial charge in [-0.3, -0.25) is 4.99 Å². The van der Waals surface area contributed by atoms with E-state index in [-0.39, 0.29) is 40.9 Å². The Morgan fingerprint density at radius 3 is 2.33 bits per heavy atom. The van der Waals surface area contributed by atoms with E-state index in [2.05, 4.69) is 66.7 Å². The largest absolute Gasteiger partial charge is 0.381 e. The fourth-order valence-corrected chi connectivity index (χ4v) is 3.53. The van der Waals surface area contributed by atoms with Crippen LogP contribution in [-0.2, 0) is 14.9 Å². The number of ether oxygens (including phenoxy) is 2. The molecule has 5 nitrogen and oxygen atoms in total. The van der Waals surface area contributed by atoms with Crippen LogP contribution >= 0.6 is 24.0 Å². The van der Waals surface area contributed by atoms with Crippen LogP contribution in [0.4, 0.5) is 0 Å². The fraction of sp³-hybridized carbons (Fsp3) is 0.667. The molecule has 0 aliphatic carbocycles. The average Bonchev–Trinajstić information content (AvgIpc) is 2.65. The molecule has 6 heteroatoms. The van der Waals surface area contributed by atoms with Crippen LogP contribution in [0.1, 0.15) is 39.2 Å². The summed E-state index contributed by atoms with van der Waals surface area (Å²) in [7, 11) is 3.58. The topological polar surface area (TPSA) is 54.9 Å². The second kappa shape index (κ2) is 11.2. The van der Waals surface area contributed by atoms with Crippen LogP contribution in [0.5, 0.6) is 0 Å². The maximum atomic E-state index is 5.63. The van der Waals surface area contributed by atoms with Gasteiger partial charge in [0.15, 0.2) is 5.96 Å². The lowest BCUT2D eigenvalue weighted by molar-refractivity contribution is 0.0204. The van der Waals surface area contributed by atoms with Crippen LogP contribution in [0.2, 0.25) is 0 Å². The zero-order valence-electron chi connectivity index (χ0n) is 17.4. The van der Waals surface area contributed by atoms with E-state index in [0.717, 1.165) is 45.1 Å². The summed E-state index contributed by atoms with van der Waals surface area (Å²) in [6, 6.07) is 10.8. The van der Waals surface area contributed by atoms with Crippen molar-refractivity contribution < 1.29 is 9.47 Å². The summed E-state index contributed by atoms with van der Waals surface area (Å²) in [5, 5.41) is 6.96. The third-order valence-corrected chi connectivity index (χ3v) is 5.36. The van der Waals surface area contributed by atoms with Gasteiger partial charge in [0.2, 0.25) is 0 Å². The van der Waals surface area contributed by atoms with Crippen molar-refractivity contribution in [2.45, 2.75) is 45.1 Å². The summed E-state index contributed by atoms with van der Waals surface area (Å²) in [6.45, 7) is 9.73. The molecule has 1 atom stereocenters. The van der Waals surface area contributed by atoms with Gasteiger partial charge in [-0.25, -0.2) is 0 Å². The van der Waals surface area contributed by atoms with Crippen LogP contribution in [0, 0.1) is 5.41 Å². The molecule has 0 spiro atoms. The van der Waals surface area contributed by atoms with Gasteiger partial charge >= 0.3 is 0 Å². The molecule has 2 rings (SSSR count). The molecule has 1 aromatic rings. The van der Waals surface area contributed by atoms with Crippen molar-refractivity contribution in [2.75, 3.05) is 40.5 Å². The first-order valence-corrected chi connectivity index (χ1v) is 9.52. The highest BCUT2D eigenvalue weighted by molar-refractivity contribution is 14.0. The van der Waals surface area contributed by atoms with Crippen molar-refractivity contribution in [1.82, 2.24) is 10.6 Å². The van der Waals surface area contributed by atoms with Gasteiger partial charge in [-0.1, -0.05) is 51.1 Å². The average molecular weight is 489 g/mol. The van der Waals surface area contributed by atoms with Gasteiger partial charge in [0.05, 0.1) is 6.10 Å². The van der Waals surface area contributed by atoms with Crippen molar-refractivity contribution in [1.29, 1.82) is 0 Å². The Bertz CT molecular complexity index is 567.